The maximum Gasteiger partial charge on any atom is 0.238 e. The first-order valence-corrected chi connectivity index (χ1v) is 8.59. The van der Waals surface area contributed by atoms with Crippen molar-refractivity contribution in [3.8, 4) is 0 Å². The number of nitrogens with one attached hydrogen (secondary N) is 1. The van der Waals surface area contributed by atoms with E-state index in [2.05, 4.69) is 22.1 Å². The van der Waals surface area contributed by atoms with Crippen molar-refractivity contribution in [1.29, 1.82) is 0 Å². The van der Waals surface area contributed by atoms with Crippen LogP contribution in [-0.2, 0) is 11.3 Å². The van der Waals surface area contributed by atoms with E-state index >= 15 is 0 Å². The minimum Gasteiger partial charge on any atom is -0.352 e. The molecular formula is C17H20N4OS. The van der Waals surface area contributed by atoms with Gasteiger partial charge in [-0.15, -0.1) is 16.8 Å². The maximum absolute atomic E-state index is 12.7. The highest BCUT2D eigenvalue weighted by Gasteiger charge is 2.30. The molecule has 0 aliphatic heterocycles. The molecule has 1 aromatic heterocycles. The van der Waals surface area contributed by atoms with E-state index in [4.69, 9.17) is 0 Å². The molecule has 1 N–H and O–H groups in total. The Bertz CT molecular complexity index is 694. The highest BCUT2D eigenvalue weighted by atomic mass is 32.2. The molecule has 1 fully saturated rings. The number of carbonyl (C=O) groups is 1. The first-order chi connectivity index (χ1) is 11.2. The number of nitrogens with zero attached hydrogens (tertiary/aromatic N) is 3. The third kappa shape index (κ3) is 3.82. The van der Waals surface area contributed by atoms with Crippen molar-refractivity contribution in [2.45, 2.75) is 42.8 Å². The summed E-state index contributed by atoms with van der Waals surface area (Å²) in [5.41, 5.74) is 0.974. The Labute approximate surface area is 140 Å². The Hall–Kier alpha value is -2.08. The van der Waals surface area contributed by atoms with Crippen molar-refractivity contribution >= 4 is 17.7 Å². The standard InChI is InChI=1S/C17H20N4OS/c1-3-11-21-12(2)19-20-17(21)23-15(13-7-5-4-6-8-13)16(22)18-14-9-10-14/h3-8,14-15H,1,9-11H2,2H3,(H,18,22). The van der Waals surface area contributed by atoms with E-state index in [0.717, 1.165) is 29.4 Å². The zero-order chi connectivity index (χ0) is 16.2. The Balaban J connectivity index is 1.86. The number of hydrogen-bond donors (Lipinski definition) is 1. The van der Waals surface area contributed by atoms with Crippen LogP contribution in [0.25, 0.3) is 0 Å². The fourth-order valence-corrected chi connectivity index (χ4v) is 3.40. The number of hydrogen-bond acceptors (Lipinski definition) is 4. The lowest BCUT2D eigenvalue weighted by Gasteiger charge is -2.16. The molecule has 2 aromatic rings. The van der Waals surface area contributed by atoms with Crippen LogP contribution in [0.4, 0.5) is 0 Å². The minimum atomic E-state index is -0.330. The molecule has 1 saturated carbocycles. The van der Waals surface area contributed by atoms with Gasteiger partial charge in [-0.25, -0.2) is 0 Å². The summed E-state index contributed by atoms with van der Waals surface area (Å²) < 4.78 is 1.97. The lowest BCUT2D eigenvalue weighted by Crippen LogP contribution is -2.30. The molecule has 5 nitrogen and oxygen atoms in total. The van der Waals surface area contributed by atoms with Crippen molar-refractivity contribution < 1.29 is 4.79 Å². The van der Waals surface area contributed by atoms with Gasteiger partial charge in [-0.3, -0.25) is 4.79 Å². The molecule has 0 radical (unpaired) electrons. The number of rotatable bonds is 7. The second-order valence-corrected chi connectivity index (χ2v) is 6.69. The van der Waals surface area contributed by atoms with Gasteiger partial charge in [-0.2, -0.15) is 0 Å². The molecule has 1 unspecified atom stereocenters. The van der Waals surface area contributed by atoms with Gasteiger partial charge in [0.2, 0.25) is 5.91 Å². The largest absolute Gasteiger partial charge is 0.352 e. The summed E-state index contributed by atoms with van der Waals surface area (Å²) in [6, 6.07) is 10.1. The molecule has 0 bridgehead atoms. The average Bonchev–Trinajstić information content (AvgIpc) is 3.31. The number of aryl methyl sites for hydroxylation is 1. The maximum atomic E-state index is 12.7. The monoisotopic (exact) mass is 328 g/mol. The fraction of sp³-hybridized carbons (Fsp3) is 0.353. The van der Waals surface area contributed by atoms with Gasteiger partial charge >= 0.3 is 0 Å². The molecular weight excluding hydrogens is 308 g/mol. The number of carbonyl (C=O) groups excluding carboxylic acids is 1. The van der Waals surface area contributed by atoms with E-state index < -0.39 is 0 Å². The molecule has 3 rings (SSSR count). The summed E-state index contributed by atoms with van der Waals surface area (Å²) in [6.07, 6.45) is 3.95. The Morgan fingerprint density at radius 3 is 2.83 bits per heavy atom. The highest BCUT2D eigenvalue weighted by Crippen LogP contribution is 2.35. The molecule has 1 heterocycles. The fourth-order valence-electron chi connectivity index (χ4n) is 2.30. The van der Waals surface area contributed by atoms with Crippen molar-refractivity contribution in [3.05, 3.63) is 54.4 Å². The summed E-state index contributed by atoms with van der Waals surface area (Å²) in [7, 11) is 0. The summed E-state index contributed by atoms with van der Waals surface area (Å²) in [4.78, 5) is 12.7. The van der Waals surface area contributed by atoms with Crippen molar-refractivity contribution in [1.82, 2.24) is 20.1 Å². The van der Waals surface area contributed by atoms with Crippen LogP contribution >= 0.6 is 11.8 Å². The van der Waals surface area contributed by atoms with Gasteiger partial charge in [-0.1, -0.05) is 48.2 Å². The third-order valence-corrected chi connectivity index (χ3v) is 4.94. The van der Waals surface area contributed by atoms with Crippen LogP contribution in [0.3, 0.4) is 0 Å². The van der Waals surface area contributed by atoms with Crippen LogP contribution in [0, 0.1) is 6.92 Å². The topological polar surface area (TPSA) is 59.8 Å². The summed E-state index contributed by atoms with van der Waals surface area (Å²) >= 11 is 1.44. The third-order valence-electron chi connectivity index (χ3n) is 3.70. The minimum absolute atomic E-state index is 0.0366. The smallest absolute Gasteiger partial charge is 0.238 e. The molecule has 23 heavy (non-hydrogen) atoms. The van der Waals surface area contributed by atoms with Crippen LogP contribution in [0.2, 0.25) is 0 Å². The van der Waals surface area contributed by atoms with Crippen molar-refractivity contribution in [2.24, 2.45) is 0 Å². The average molecular weight is 328 g/mol. The van der Waals surface area contributed by atoms with Crippen LogP contribution in [-0.4, -0.2) is 26.7 Å². The molecule has 1 atom stereocenters. The summed E-state index contributed by atoms with van der Waals surface area (Å²) in [6.45, 7) is 6.31. The molecule has 0 spiro atoms. The van der Waals surface area contributed by atoms with E-state index in [9.17, 15) is 4.79 Å². The second kappa shape index (κ2) is 7.00. The van der Waals surface area contributed by atoms with Crippen molar-refractivity contribution in [3.63, 3.8) is 0 Å². The van der Waals surface area contributed by atoms with E-state index in [1.807, 2.05) is 47.9 Å². The molecule has 1 aliphatic rings. The predicted octanol–water partition coefficient (Wildman–Crippen LogP) is 2.88. The SMILES string of the molecule is C=CCn1c(C)nnc1SC(C(=O)NC1CC1)c1ccccc1. The molecule has 1 amide bonds. The zero-order valence-electron chi connectivity index (χ0n) is 13.1. The number of allylic oxidation sites excluding steroid dienone is 1. The van der Waals surface area contributed by atoms with Crippen LogP contribution in [0.5, 0.6) is 0 Å². The summed E-state index contributed by atoms with van der Waals surface area (Å²) in [5, 5.41) is 11.9. The van der Waals surface area contributed by atoms with Crippen LogP contribution in [0.1, 0.15) is 29.5 Å². The van der Waals surface area contributed by atoms with Crippen LogP contribution in [0.15, 0.2) is 48.1 Å². The van der Waals surface area contributed by atoms with Crippen molar-refractivity contribution in [2.75, 3.05) is 0 Å². The van der Waals surface area contributed by atoms with Gasteiger partial charge in [-0.05, 0) is 25.3 Å². The lowest BCUT2D eigenvalue weighted by atomic mass is 10.1. The Morgan fingerprint density at radius 1 is 1.43 bits per heavy atom. The Kier molecular flexibility index (Phi) is 4.81. The second-order valence-electron chi connectivity index (χ2n) is 5.62. The van der Waals surface area contributed by atoms with E-state index in [1.165, 1.54) is 11.8 Å². The van der Waals surface area contributed by atoms with E-state index in [-0.39, 0.29) is 11.2 Å². The van der Waals surface area contributed by atoms with Crippen LogP contribution < -0.4 is 5.32 Å². The van der Waals surface area contributed by atoms with E-state index in [0.29, 0.717) is 12.6 Å². The molecule has 120 valence electrons. The lowest BCUT2D eigenvalue weighted by molar-refractivity contribution is -0.120. The first-order valence-electron chi connectivity index (χ1n) is 7.71. The number of thioether (sulfide) groups is 1. The van der Waals surface area contributed by atoms with Gasteiger partial charge in [0.05, 0.1) is 0 Å². The van der Waals surface area contributed by atoms with Gasteiger partial charge in [0.1, 0.15) is 11.1 Å². The molecule has 6 heteroatoms. The quantitative estimate of drug-likeness (QED) is 0.627. The molecule has 1 aliphatic carbocycles. The van der Waals surface area contributed by atoms with Gasteiger partial charge in [0.15, 0.2) is 5.16 Å². The first kappa shape index (κ1) is 15.8. The summed E-state index contributed by atoms with van der Waals surface area (Å²) in [5.74, 6) is 0.858. The highest BCUT2D eigenvalue weighted by molar-refractivity contribution is 8.00. The normalized spacial score (nSPS) is 15.2. The molecule has 0 saturated heterocycles. The van der Waals surface area contributed by atoms with Gasteiger partial charge in [0.25, 0.3) is 0 Å². The van der Waals surface area contributed by atoms with E-state index in [1.54, 1.807) is 0 Å². The van der Waals surface area contributed by atoms with Gasteiger partial charge in [0, 0.05) is 12.6 Å². The zero-order valence-corrected chi connectivity index (χ0v) is 13.9. The predicted molar refractivity (Wildman–Crippen MR) is 91.2 cm³/mol. The molecule has 1 aromatic carbocycles. The number of aromatic nitrogens is 3. The Morgan fingerprint density at radius 2 is 2.17 bits per heavy atom. The van der Waals surface area contributed by atoms with Gasteiger partial charge < -0.3 is 9.88 Å². The number of amides is 1. The number of benzene rings is 1.